The van der Waals surface area contributed by atoms with Crippen LogP contribution in [0.15, 0.2) is 42.0 Å². The number of urea groups is 1. The number of nitrogens with zero attached hydrogens (tertiary/aromatic N) is 1. The van der Waals surface area contributed by atoms with E-state index in [0.29, 0.717) is 33.7 Å². The van der Waals surface area contributed by atoms with Gasteiger partial charge in [0.15, 0.2) is 11.5 Å². The molecule has 0 saturated carbocycles. The highest BCUT2D eigenvalue weighted by molar-refractivity contribution is 6.35. The molecule has 2 aromatic rings. The number of nitrogens with one attached hydrogen (secondary N) is 1. The van der Waals surface area contributed by atoms with Crippen molar-refractivity contribution in [3.05, 3.63) is 63.1 Å². The highest BCUT2D eigenvalue weighted by Crippen LogP contribution is 2.31. The molecule has 9 heteroatoms. The Morgan fingerprint density at radius 2 is 1.93 bits per heavy atom. The Kier molecular flexibility index (Phi) is 7.89. The molecule has 0 fully saturated rings. The van der Waals surface area contributed by atoms with Crippen molar-refractivity contribution in [3.8, 4) is 17.6 Å². The average molecular weight is 434 g/mol. The van der Waals surface area contributed by atoms with Crippen LogP contribution in [0.1, 0.15) is 18.1 Å². The van der Waals surface area contributed by atoms with Gasteiger partial charge in [-0.3, -0.25) is 10.1 Å². The van der Waals surface area contributed by atoms with Crippen molar-refractivity contribution in [1.29, 1.82) is 5.26 Å². The first kappa shape index (κ1) is 22.1. The first-order valence-electron chi connectivity index (χ1n) is 8.40. The van der Waals surface area contributed by atoms with Gasteiger partial charge in [0.1, 0.15) is 18.2 Å². The van der Waals surface area contributed by atoms with E-state index < -0.39 is 11.9 Å². The highest BCUT2D eigenvalue weighted by Gasteiger charge is 2.13. The number of amides is 3. The number of halogens is 2. The van der Waals surface area contributed by atoms with Crippen LogP contribution in [0.2, 0.25) is 10.0 Å². The second kappa shape index (κ2) is 10.4. The van der Waals surface area contributed by atoms with Crippen LogP contribution in [-0.4, -0.2) is 18.5 Å². The molecule has 0 aromatic heterocycles. The molecule has 3 amide bonds. The zero-order valence-electron chi connectivity index (χ0n) is 15.4. The summed E-state index contributed by atoms with van der Waals surface area (Å²) in [6.45, 7) is 2.37. The Labute approximate surface area is 177 Å². The third kappa shape index (κ3) is 6.42. The third-order valence-corrected chi connectivity index (χ3v) is 4.17. The normalized spacial score (nSPS) is 10.8. The molecule has 7 nitrogen and oxygen atoms in total. The van der Waals surface area contributed by atoms with E-state index in [1.54, 1.807) is 42.5 Å². The SMILES string of the molecule is CCOc1cc(/C=C(/C#N)C(=O)NC(N)=O)ccc1OCc1ccc(Cl)cc1Cl. The number of nitrogens with two attached hydrogens (primary N) is 1. The van der Waals surface area contributed by atoms with Gasteiger partial charge in [-0.05, 0) is 42.8 Å². The number of primary amides is 1. The predicted molar refractivity (Wildman–Crippen MR) is 110 cm³/mol. The number of hydrogen-bond donors (Lipinski definition) is 2. The average Bonchev–Trinajstić information content (AvgIpc) is 2.66. The van der Waals surface area contributed by atoms with Crippen molar-refractivity contribution in [1.82, 2.24) is 5.32 Å². The van der Waals surface area contributed by atoms with E-state index in [2.05, 4.69) is 0 Å². The Morgan fingerprint density at radius 1 is 1.17 bits per heavy atom. The zero-order chi connectivity index (χ0) is 21.4. The summed E-state index contributed by atoms with van der Waals surface area (Å²) < 4.78 is 11.4. The van der Waals surface area contributed by atoms with Crippen molar-refractivity contribution in [2.75, 3.05) is 6.61 Å². The van der Waals surface area contributed by atoms with Gasteiger partial charge >= 0.3 is 6.03 Å². The molecule has 0 unspecified atom stereocenters. The molecular weight excluding hydrogens is 417 g/mol. The van der Waals surface area contributed by atoms with Crippen LogP contribution in [0.4, 0.5) is 4.79 Å². The second-order valence-corrected chi connectivity index (χ2v) is 6.50. The number of nitriles is 1. The minimum absolute atomic E-state index is 0.190. The van der Waals surface area contributed by atoms with Crippen LogP contribution in [0, 0.1) is 11.3 Å². The van der Waals surface area contributed by atoms with E-state index in [4.69, 9.17) is 43.7 Å². The molecule has 0 heterocycles. The lowest BCUT2D eigenvalue weighted by Crippen LogP contribution is -2.35. The van der Waals surface area contributed by atoms with E-state index in [9.17, 15) is 9.59 Å². The van der Waals surface area contributed by atoms with Crippen LogP contribution in [0.25, 0.3) is 6.08 Å². The molecule has 0 bridgehead atoms. The van der Waals surface area contributed by atoms with Crippen molar-refractivity contribution < 1.29 is 19.1 Å². The summed E-state index contributed by atoms with van der Waals surface area (Å²) >= 11 is 12.0. The Hall–Kier alpha value is -3.21. The maximum Gasteiger partial charge on any atom is 0.319 e. The highest BCUT2D eigenvalue weighted by atomic mass is 35.5. The summed E-state index contributed by atoms with van der Waals surface area (Å²) in [4.78, 5) is 22.6. The van der Waals surface area contributed by atoms with E-state index in [0.717, 1.165) is 5.56 Å². The summed E-state index contributed by atoms with van der Waals surface area (Å²) in [5.41, 5.74) is 5.87. The van der Waals surface area contributed by atoms with Crippen LogP contribution in [0.5, 0.6) is 11.5 Å². The quantitative estimate of drug-likeness (QED) is 0.504. The Bertz CT molecular complexity index is 1000. The van der Waals surface area contributed by atoms with Gasteiger partial charge in [0.05, 0.1) is 6.61 Å². The molecular formula is C20H17Cl2N3O4. The fraction of sp³-hybridized carbons (Fsp3) is 0.150. The van der Waals surface area contributed by atoms with Gasteiger partial charge in [-0.2, -0.15) is 5.26 Å². The lowest BCUT2D eigenvalue weighted by atomic mass is 10.1. The molecule has 0 saturated heterocycles. The van der Waals surface area contributed by atoms with E-state index in [1.807, 2.05) is 12.2 Å². The standard InChI is InChI=1S/C20H17Cl2N3O4/c1-2-28-18-8-12(7-14(10-23)19(26)25-20(24)27)3-6-17(18)29-11-13-4-5-15(21)9-16(13)22/h3-9H,2,11H2,1H3,(H3,24,25,26,27)/b14-7-. The number of ether oxygens (including phenoxy) is 2. The van der Waals surface area contributed by atoms with Gasteiger partial charge in [0, 0.05) is 15.6 Å². The molecule has 2 rings (SSSR count). The van der Waals surface area contributed by atoms with Gasteiger partial charge < -0.3 is 15.2 Å². The molecule has 0 radical (unpaired) electrons. The molecule has 0 aliphatic carbocycles. The fourth-order valence-electron chi connectivity index (χ4n) is 2.29. The summed E-state index contributed by atoms with van der Waals surface area (Å²) in [5, 5.41) is 12.0. The Morgan fingerprint density at radius 3 is 2.55 bits per heavy atom. The molecule has 3 N–H and O–H groups in total. The summed E-state index contributed by atoms with van der Waals surface area (Å²) in [7, 11) is 0. The topological polar surface area (TPSA) is 114 Å². The minimum Gasteiger partial charge on any atom is -0.490 e. The van der Waals surface area contributed by atoms with Crippen molar-refractivity contribution in [2.45, 2.75) is 13.5 Å². The summed E-state index contributed by atoms with van der Waals surface area (Å²) in [6.07, 6.45) is 1.31. The molecule has 0 aliphatic rings. The number of carbonyl (C=O) groups excluding carboxylic acids is 2. The van der Waals surface area contributed by atoms with Gasteiger partial charge in [0.25, 0.3) is 5.91 Å². The monoisotopic (exact) mass is 433 g/mol. The third-order valence-electron chi connectivity index (χ3n) is 3.58. The summed E-state index contributed by atoms with van der Waals surface area (Å²) in [5.74, 6) is -0.0234. The first-order valence-corrected chi connectivity index (χ1v) is 9.15. The van der Waals surface area contributed by atoms with E-state index in [1.165, 1.54) is 6.08 Å². The maximum absolute atomic E-state index is 11.8. The lowest BCUT2D eigenvalue weighted by molar-refractivity contribution is -0.115. The van der Waals surface area contributed by atoms with Crippen LogP contribution >= 0.6 is 23.2 Å². The molecule has 29 heavy (non-hydrogen) atoms. The zero-order valence-corrected chi connectivity index (χ0v) is 16.9. The minimum atomic E-state index is -1.05. The van der Waals surface area contributed by atoms with Crippen LogP contribution in [0.3, 0.4) is 0 Å². The van der Waals surface area contributed by atoms with Gasteiger partial charge in [0.2, 0.25) is 0 Å². The lowest BCUT2D eigenvalue weighted by Gasteiger charge is -2.13. The van der Waals surface area contributed by atoms with Crippen molar-refractivity contribution in [3.63, 3.8) is 0 Å². The number of benzene rings is 2. The predicted octanol–water partition coefficient (Wildman–Crippen LogP) is 4.07. The van der Waals surface area contributed by atoms with Crippen molar-refractivity contribution >= 4 is 41.2 Å². The molecule has 0 spiro atoms. The first-order chi connectivity index (χ1) is 13.8. The maximum atomic E-state index is 11.8. The second-order valence-electron chi connectivity index (χ2n) is 5.65. The Balaban J connectivity index is 2.25. The van der Waals surface area contributed by atoms with E-state index in [-0.39, 0.29) is 12.2 Å². The number of hydrogen-bond acceptors (Lipinski definition) is 5. The number of imide groups is 1. The number of rotatable bonds is 7. The molecule has 0 aliphatic heterocycles. The van der Waals surface area contributed by atoms with Gasteiger partial charge in [-0.25, -0.2) is 4.79 Å². The molecule has 2 aromatic carbocycles. The fourth-order valence-corrected chi connectivity index (χ4v) is 2.75. The van der Waals surface area contributed by atoms with Gasteiger partial charge in [-0.1, -0.05) is 35.3 Å². The molecule has 0 atom stereocenters. The largest absolute Gasteiger partial charge is 0.490 e. The summed E-state index contributed by atoms with van der Waals surface area (Å²) in [6, 6.07) is 10.7. The molecule has 150 valence electrons. The van der Waals surface area contributed by atoms with Crippen LogP contribution < -0.4 is 20.5 Å². The smallest absolute Gasteiger partial charge is 0.319 e. The van der Waals surface area contributed by atoms with E-state index >= 15 is 0 Å². The van der Waals surface area contributed by atoms with Gasteiger partial charge in [-0.15, -0.1) is 0 Å². The van der Waals surface area contributed by atoms with Crippen molar-refractivity contribution in [2.24, 2.45) is 5.73 Å². The number of carbonyl (C=O) groups is 2. The van der Waals surface area contributed by atoms with Crippen LogP contribution in [-0.2, 0) is 11.4 Å².